The first-order chi connectivity index (χ1) is 11.7. The van der Waals surface area contributed by atoms with Crippen LogP contribution >= 0.6 is 23.1 Å². The topological polar surface area (TPSA) is 54.9 Å². The Morgan fingerprint density at radius 1 is 1.04 bits per heavy atom. The molecule has 1 aromatic heterocycles. The molecule has 3 aromatic rings. The minimum Gasteiger partial charge on any atom is -0.344 e. The van der Waals surface area contributed by atoms with E-state index in [9.17, 15) is 4.79 Å². The quantitative estimate of drug-likeness (QED) is 0.683. The lowest BCUT2D eigenvalue weighted by Crippen LogP contribution is -2.30. The van der Waals surface area contributed by atoms with E-state index in [1.54, 1.807) is 0 Å². The third-order valence-corrected chi connectivity index (χ3v) is 5.38. The van der Waals surface area contributed by atoms with Crippen LogP contribution in [0.4, 0.5) is 0 Å². The van der Waals surface area contributed by atoms with E-state index in [-0.39, 0.29) is 11.9 Å². The largest absolute Gasteiger partial charge is 0.344 e. The molecular formula is C18H17N3OS2. The van der Waals surface area contributed by atoms with Crippen LogP contribution in [-0.4, -0.2) is 21.9 Å². The van der Waals surface area contributed by atoms with E-state index in [1.165, 1.54) is 23.1 Å². The molecule has 0 unspecified atom stereocenters. The van der Waals surface area contributed by atoms with Gasteiger partial charge in [0.2, 0.25) is 5.91 Å². The maximum absolute atomic E-state index is 12.4. The lowest BCUT2D eigenvalue weighted by molar-refractivity contribution is -0.119. The smallest absolute Gasteiger partial charge is 0.231 e. The first kappa shape index (κ1) is 16.7. The van der Waals surface area contributed by atoms with Gasteiger partial charge in [-0.2, -0.15) is 0 Å². The van der Waals surface area contributed by atoms with E-state index < -0.39 is 0 Å². The summed E-state index contributed by atoms with van der Waals surface area (Å²) >= 11 is 2.92. The molecule has 0 aliphatic rings. The van der Waals surface area contributed by atoms with Crippen molar-refractivity contribution in [2.75, 3.05) is 5.75 Å². The van der Waals surface area contributed by atoms with Gasteiger partial charge in [0, 0.05) is 0 Å². The number of aromatic nitrogens is 2. The molecule has 0 bridgehead atoms. The third kappa shape index (κ3) is 4.43. The molecule has 122 valence electrons. The molecule has 4 nitrogen and oxygen atoms in total. The molecule has 1 N–H and O–H groups in total. The molecule has 0 spiro atoms. The van der Waals surface area contributed by atoms with Crippen molar-refractivity contribution in [2.45, 2.75) is 17.3 Å². The Balaban J connectivity index is 1.71. The molecule has 0 atom stereocenters. The Morgan fingerprint density at radius 3 is 2.12 bits per heavy atom. The summed E-state index contributed by atoms with van der Waals surface area (Å²) in [7, 11) is 0. The second-order valence-electron chi connectivity index (χ2n) is 5.20. The summed E-state index contributed by atoms with van der Waals surface area (Å²) in [6.45, 7) is 1.91. The van der Waals surface area contributed by atoms with Gasteiger partial charge in [-0.3, -0.25) is 4.79 Å². The highest BCUT2D eigenvalue weighted by Gasteiger charge is 2.17. The van der Waals surface area contributed by atoms with E-state index in [2.05, 4.69) is 15.5 Å². The number of hydrogen-bond donors (Lipinski definition) is 1. The molecule has 6 heteroatoms. The molecule has 1 amide bonds. The number of nitrogens with one attached hydrogen (secondary N) is 1. The van der Waals surface area contributed by atoms with Gasteiger partial charge in [-0.1, -0.05) is 83.8 Å². The molecular weight excluding hydrogens is 338 g/mol. The number of aryl methyl sites for hydroxylation is 1. The molecule has 0 saturated heterocycles. The highest BCUT2D eigenvalue weighted by Crippen LogP contribution is 2.24. The van der Waals surface area contributed by atoms with Gasteiger partial charge in [-0.25, -0.2) is 0 Å². The molecule has 0 radical (unpaired) electrons. The van der Waals surface area contributed by atoms with Gasteiger partial charge < -0.3 is 5.32 Å². The van der Waals surface area contributed by atoms with E-state index in [0.29, 0.717) is 5.75 Å². The fourth-order valence-electron chi connectivity index (χ4n) is 2.32. The molecule has 2 aromatic carbocycles. The summed E-state index contributed by atoms with van der Waals surface area (Å²) in [4.78, 5) is 12.4. The van der Waals surface area contributed by atoms with Crippen molar-refractivity contribution < 1.29 is 4.79 Å². The average molecular weight is 355 g/mol. The molecule has 1 heterocycles. The SMILES string of the molecule is Cc1nnc(SCC(=O)NC(c2ccccc2)c2ccccc2)s1. The number of benzene rings is 2. The van der Waals surface area contributed by atoms with Gasteiger partial charge in [-0.05, 0) is 18.1 Å². The number of rotatable bonds is 6. The van der Waals surface area contributed by atoms with Crippen LogP contribution in [0.1, 0.15) is 22.2 Å². The molecule has 0 saturated carbocycles. The lowest BCUT2D eigenvalue weighted by atomic mass is 9.99. The van der Waals surface area contributed by atoms with Gasteiger partial charge in [0.25, 0.3) is 0 Å². The van der Waals surface area contributed by atoms with Crippen molar-refractivity contribution >= 4 is 29.0 Å². The summed E-state index contributed by atoms with van der Waals surface area (Å²) in [6, 6.07) is 19.8. The Morgan fingerprint density at radius 2 is 1.62 bits per heavy atom. The van der Waals surface area contributed by atoms with Gasteiger partial charge in [0.05, 0.1) is 11.8 Å². The third-order valence-electron chi connectivity index (χ3n) is 3.41. The van der Waals surface area contributed by atoms with Crippen LogP contribution in [0, 0.1) is 6.92 Å². The van der Waals surface area contributed by atoms with E-state index in [1.807, 2.05) is 67.6 Å². The average Bonchev–Trinajstić information content (AvgIpc) is 3.05. The molecule has 0 aliphatic heterocycles. The Labute approximate surface area is 149 Å². The Bertz CT molecular complexity index is 751. The first-order valence-corrected chi connectivity index (χ1v) is 9.35. The Kier molecular flexibility index (Phi) is 5.61. The number of amides is 1. The van der Waals surface area contributed by atoms with E-state index >= 15 is 0 Å². The van der Waals surface area contributed by atoms with Gasteiger partial charge in [0.1, 0.15) is 5.01 Å². The monoisotopic (exact) mass is 355 g/mol. The van der Waals surface area contributed by atoms with Gasteiger partial charge >= 0.3 is 0 Å². The van der Waals surface area contributed by atoms with Crippen molar-refractivity contribution in [3.8, 4) is 0 Å². The number of hydrogen-bond acceptors (Lipinski definition) is 5. The maximum Gasteiger partial charge on any atom is 0.231 e. The zero-order valence-corrected chi connectivity index (χ0v) is 14.8. The van der Waals surface area contributed by atoms with Crippen molar-refractivity contribution in [1.29, 1.82) is 0 Å². The fourth-order valence-corrected chi connectivity index (χ4v) is 3.94. The highest BCUT2D eigenvalue weighted by molar-refractivity contribution is 8.01. The normalized spacial score (nSPS) is 10.8. The summed E-state index contributed by atoms with van der Waals surface area (Å²) in [5, 5.41) is 12.0. The molecule has 3 rings (SSSR count). The molecule has 0 fully saturated rings. The van der Waals surface area contributed by atoms with Crippen LogP contribution < -0.4 is 5.32 Å². The van der Waals surface area contributed by atoms with Crippen LogP contribution in [0.25, 0.3) is 0 Å². The predicted molar refractivity (Wildman–Crippen MR) is 98.2 cm³/mol. The predicted octanol–water partition coefficient (Wildman–Crippen LogP) is 3.84. The summed E-state index contributed by atoms with van der Waals surface area (Å²) in [5.41, 5.74) is 2.13. The lowest BCUT2D eigenvalue weighted by Gasteiger charge is -2.19. The zero-order chi connectivity index (χ0) is 16.8. The van der Waals surface area contributed by atoms with Crippen molar-refractivity contribution in [2.24, 2.45) is 0 Å². The second-order valence-corrected chi connectivity index (χ2v) is 7.60. The van der Waals surface area contributed by atoms with Crippen molar-refractivity contribution in [3.63, 3.8) is 0 Å². The summed E-state index contributed by atoms with van der Waals surface area (Å²) in [6.07, 6.45) is 0. The summed E-state index contributed by atoms with van der Waals surface area (Å²) < 4.78 is 0.818. The minimum absolute atomic E-state index is 0.0226. The first-order valence-electron chi connectivity index (χ1n) is 7.54. The molecule has 24 heavy (non-hydrogen) atoms. The van der Waals surface area contributed by atoms with Crippen LogP contribution in [0.3, 0.4) is 0 Å². The summed E-state index contributed by atoms with van der Waals surface area (Å²) in [5.74, 6) is 0.302. The maximum atomic E-state index is 12.4. The van der Waals surface area contributed by atoms with E-state index in [0.717, 1.165) is 20.5 Å². The standard InChI is InChI=1S/C18H17N3OS2/c1-13-20-21-18(24-13)23-12-16(22)19-17(14-8-4-2-5-9-14)15-10-6-3-7-11-15/h2-11,17H,12H2,1H3,(H,19,22). The van der Waals surface area contributed by atoms with E-state index in [4.69, 9.17) is 0 Å². The number of carbonyl (C=O) groups excluding carboxylic acids is 1. The highest BCUT2D eigenvalue weighted by atomic mass is 32.2. The van der Waals surface area contributed by atoms with Crippen molar-refractivity contribution in [3.05, 3.63) is 76.8 Å². The number of nitrogens with zero attached hydrogens (tertiary/aromatic N) is 2. The number of thioether (sulfide) groups is 1. The van der Waals surface area contributed by atoms with Crippen LogP contribution in [0.5, 0.6) is 0 Å². The second kappa shape index (κ2) is 8.08. The van der Waals surface area contributed by atoms with Crippen LogP contribution in [-0.2, 0) is 4.79 Å². The fraction of sp³-hybridized carbons (Fsp3) is 0.167. The number of carbonyl (C=O) groups is 1. The zero-order valence-electron chi connectivity index (χ0n) is 13.2. The molecule has 0 aliphatic carbocycles. The van der Waals surface area contributed by atoms with Gasteiger partial charge in [-0.15, -0.1) is 10.2 Å². The van der Waals surface area contributed by atoms with Crippen molar-refractivity contribution in [1.82, 2.24) is 15.5 Å². The Hall–Kier alpha value is -2.18. The minimum atomic E-state index is -0.156. The van der Waals surface area contributed by atoms with Gasteiger partial charge in [0.15, 0.2) is 4.34 Å². The van der Waals surface area contributed by atoms with Crippen LogP contribution in [0.2, 0.25) is 0 Å². The van der Waals surface area contributed by atoms with Crippen LogP contribution in [0.15, 0.2) is 65.0 Å².